The molecule has 0 aromatic carbocycles. The summed E-state index contributed by atoms with van der Waals surface area (Å²) >= 11 is 0. The van der Waals surface area contributed by atoms with Crippen molar-refractivity contribution < 1.29 is 13.2 Å². The minimum absolute atomic E-state index is 0.182. The van der Waals surface area contributed by atoms with Gasteiger partial charge in [0.05, 0.1) is 12.8 Å². The first-order valence-electron chi connectivity index (χ1n) is 6.31. The second kappa shape index (κ2) is 6.47. The number of ether oxygens (including phenoxy) is 1. The zero-order valence-corrected chi connectivity index (χ0v) is 11.8. The number of sulfonamides is 1. The van der Waals surface area contributed by atoms with E-state index in [2.05, 4.69) is 19.8 Å². The van der Waals surface area contributed by atoms with Crippen molar-refractivity contribution in [3.05, 3.63) is 12.4 Å². The van der Waals surface area contributed by atoms with Crippen LogP contribution in [0.15, 0.2) is 17.3 Å². The number of aromatic amines is 1. The van der Waals surface area contributed by atoms with Crippen molar-refractivity contribution in [2.45, 2.75) is 11.3 Å². The molecule has 2 rings (SSSR count). The van der Waals surface area contributed by atoms with E-state index in [0.717, 1.165) is 26.1 Å². The van der Waals surface area contributed by atoms with Crippen LogP contribution in [-0.4, -0.2) is 63.4 Å². The summed E-state index contributed by atoms with van der Waals surface area (Å²) in [5.41, 5.74) is 0. The van der Waals surface area contributed by atoms with Crippen LogP contribution in [0.4, 0.5) is 0 Å². The van der Waals surface area contributed by atoms with Crippen molar-refractivity contribution in [3.8, 4) is 0 Å². The summed E-state index contributed by atoms with van der Waals surface area (Å²) < 4.78 is 31.5. The monoisotopic (exact) mass is 288 g/mol. The van der Waals surface area contributed by atoms with E-state index < -0.39 is 10.0 Å². The molecular formula is C11H20N4O3S. The summed E-state index contributed by atoms with van der Waals surface area (Å²) in [6.07, 6.45) is 3.70. The SMILES string of the molecule is COCCN1CC[C@H](CNS(=O)(=O)c2cn[nH]c2)C1. The third-order valence-corrected chi connectivity index (χ3v) is 4.72. The number of hydrogen-bond acceptors (Lipinski definition) is 5. The number of likely N-dealkylation sites (tertiary alicyclic amines) is 1. The predicted molar refractivity (Wildman–Crippen MR) is 70.2 cm³/mol. The van der Waals surface area contributed by atoms with E-state index in [1.54, 1.807) is 7.11 Å². The highest BCUT2D eigenvalue weighted by Gasteiger charge is 2.24. The molecule has 2 heterocycles. The normalized spacial score (nSPS) is 21.0. The lowest BCUT2D eigenvalue weighted by atomic mass is 10.1. The molecule has 0 unspecified atom stereocenters. The highest BCUT2D eigenvalue weighted by Crippen LogP contribution is 2.15. The Hall–Kier alpha value is -0.960. The number of nitrogens with zero attached hydrogens (tertiary/aromatic N) is 2. The molecule has 1 aromatic rings. The highest BCUT2D eigenvalue weighted by atomic mass is 32.2. The highest BCUT2D eigenvalue weighted by molar-refractivity contribution is 7.89. The number of rotatable bonds is 7. The molecule has 1 aliphatic heterocycles. The van der Waals surface area contributed by atoms with Crippen molar-refractivity contribution in [1.82, 2.24) is 19.8 Å². The van der Waals surface area contributed by atoms with Gasteiger partial charge < -0.3 is 9.64 Å². The molecule has 0 amide bonds. The summed E-state index contributed by atoms with van der Waals surface area (Å²) in [5.74, 6) is 0.360. The van der Waals surface area contributed by atoms with Crippen LogP contribution in [0, 0.1) is 5.92 Å². The first-order chi connectivity index (χ1) is 9.12. The first-order valence-corrected chi connectivity index (χ1v) is 7.80. The van der Waals surface area contributed by atoms with E-state index in [-0.39, 0.29) is 4.90 Å². The van der Waals surface area contributed by atoms with E-state index in [1.807, 2.05) is 0 Å². The quantitative estimate of drug-likeness (QED) is 0.716. The molecule has 2 N–H and O–H groups in total. The number of methoxy groups -OCH3 is 1. The van der Waals surface area contributed by atoms with E-state index in [9.17, 15) is 8.42 Å². The second-order valence-electron chi connectivity index (χ2n) is 4.73. The molecule has 0 bridgehead atoms. The van der Waals surface area contributed by atoms with Gasteiger partial charge in [-0.25, -0.2) is 13.1 Å². The Kier molecular flexibility index (Phi) is 4.92. The van der Waals surface area contributed by atoms with Crippen LogP contribution in [0.5, 0.6) is 0 Å². The van der Waals surface area contributed by atoms with Gasteiger partial charge in [-0.15, -0.1) is 0 Å². The molecule has 0 saturated carbocycles. The molecule has 8 heteroatoms. The Labute approximate surface area is 113 Å². The van der Waals surface area contributed by atoms with Crippen LogP contribution >= 0.6 is 0 Å². The molecule has 0 spiro atoms. The molecular weight excluding hydrogens is 268 g/mol. The second-order valence-corrected chi connectivity index (χ2v) is 6.50. The van der Waals surface area contributed by atoms with Gasteiger partial charge in [0.15, 0.2) is 0 Å². The molecule has 7 nitrogen and oxygen atoms in total. The van der Waals surface area contributed by atoms with Crippen LogP contribution in [0.25, 0.3) is 0 Å². The summed E-state index contributed by atoms with van der Waals surface area (Å²) in [7, 11) is -1.74. The zero-order valence-electron chi connectivity index (χ0n) is 11.0. The van der Waals surface area contributed by atoms with E-state index in [1.165, 1.54) is 12.4 Å². The van der Waals surface area contributed by atoms with Gasteiger partial charge in [-0.2, -0.15) is 5.10 Å². The van der Waals surface area contributed by atoms with Gasteiger partial charge in [0.25, 0.3) is 0 Å². The Morgan fingerprint density at radius 1 is 1.63 bits per heavy atom. The van der Waals surface area contributed by atoms with E-state index >= 15 is 0 Å². The number of nitrogens with one attached hydrogen (secondary N) is 2. The van der Waals surface area contributed by atoms with Gasteiger partial charge in [-0.1, -0.05) is 0 Å². The van der Waals surface area contributed by atoms with Crippen LogP contribution in [0.2, 0.25) is 0 Å². The molecule has 19 heavy (non-hydrogen) atoms. The van der Waals surface area contributed by atoms with Crippen LogP contribution in [0.3, 0.4) is 0 Å². The standard InChI is InChI=1S/C11H20N4O3S/c1-18-5-4-15-3-2-10(9-15)6-14-19(16,17)11-7-12-13-8-11/h7-8,10,14H,2-6,9H2,1H3,(H,12,13)/t10-/m1/s1. The van der Waals surface area contributed by atoms with Crippen molar-refractivity contribution in [2.24, 2.45) is 5.92 Å². The minimum atomic E-state index is -3.43. The van der Waals surface area contributed by atoms with Crippen molar-refractivity contribution in [3.63, 3.8) is 0 Å². The van der Waals surface area contributed by atoms with Crippen LogP contribution in [-0.2, 0) is 14.8 Å². The Morgan fingerprint density at radius 2 is 2.47 bits per heavy atom. The molecule has 0 radical (unpaired) electrons. The lowest BCUT2D eigenvalue weighted by molar-refractivity contribution is 0.159. The fourth-order valence-corrected chi connectivity index (χ4v) is 3.22. The van der Waals surface area contributed by atoms with Crippen LogP contribution in [0.1, 0.15) is 6.42 Å². The molecule has 1 aromatic heterocycles. The van der Waals surface area contributed by atoms with Gasteiger partial charge in [0, 0.05) is 32.9 Å². The fourth-order valence-electron chi connectivity index (χ4n) is 2.20. The molecule has 0 aliphatic carbocycles. The summed E-state index contributed by atoms with van der Waals surface area (Å²) in [6.45, 7) is 4.00. The Balaban J connectivity index is 1.78. The topological polar surface area (TPSA) is 87.3 Å². The maximum Gasteiger partial charge on any atom is 0.243 e. The summed E-state index contributed by atoms with van der Waals surface area (Å²) in [5, 5.41) is 6.15. The lowest BCUT2D eigenvalue weighted by Crippen LogP contribution is -2.31. The largest absolute Gasteiger partial charge is 0.383 e. The molecule has 1 atom stereocenters. The molecule has 1 saturated heterocycles. The summed E-state index contributed by atoms with van der Waals surface area (Å²) in [4.78, 5) is 2.47. The summed E-state index contributed by atoms with van der Waals surface area (Å²) in [6, 6.07) is 0. The lowest BCUT2D eigenvalue weighted by Gasteiger charge is -2.15. The maximum absolute atomic E-state index is 11.9. The minimum Gasteiger partial charge on any atom is -0.383 e. The van der Waals surface area contributed by atoms with Crippen molar-refractivity contribution in [2.75, 3.05) is 39.9 Å². The van der Waals surface area contributed by atoms with Gasteiger partial charge in [-0.3, -0.25) is 5.10 Å². The molecule has 108 valence electrons. The van der Waals surface area contributed by atoms with E-state index in [0.29, 0.717) is 19.1 Å². The van der Waals surface area contributed by atoms with E-state index in [4.69, 9.17) is 4.74 Å². The zero-order chi connectivity index (χ0) is 13.7. The predicted octanol–water partition coefficient (Wildman–Crippen LogP) is -0.344. The number of hydrogen-bond donors (Lipinski definition) is 2. The van der Waals surface area contributed by atoms with Gasteiger partial charge in [0.2, 0.25) is 10.0 Å². The van der Waals surface area contributed by atoms with Crippen molar-refractivity contribution in [1.29, 1.82) is 0 Å². The number of aromatic nitrogens is 2. The fraction of sp³-hybridized carbons (Fsp3) is 0.727. The van der Waals surface area contributed by atoms with Crippen molar-refractivity contribution >= 4 is 10.0 Å². The average molecular weight is 288 g/mol. The average Bonchev–Trinajstić information content (AvgIpc) is 3.05. The Morgan fingerprint density at radius 3 is 3.16 bits per heavy atom. The smallest absolute Gasteiger partial charge is 0.243 e. The van der Waals surface area contributed by atoms with Gasteiger partial charge >= 0.3 is 0 Å². The first kappa shape index (κ1) is 14.4. The maximum atomic E-state index is 11.9. The number of H-pyrrole nitrogens is 1. The third kappa shape index (κ3) is 4.00. The van der Waals surface area contributed by atoms with Crippen LogP contribution < -0.4 is 4.72 Å². The third-order valence-electron chi connectivity index (χ3n) is 3.33. The Bertz CT molecular complexity index is 474. The molecule has 1 aliphatic rings. The van der Waals surface area contributed by atoms with Gasteiger partial charge in [-0.05, 0) is 18.9 Å². The van der Waals surface area contributed by atoms with Gasteiger partial charge in [0.1, 0.15) is 4.90 Å². The molecule has 1 fully saturated rings.